The third-order valence-corrected chi connectivity index (χ3v) is 15.3. The average molecular weight is 841 g/mol. The van der Waals surface area contributed by atoms with Gasteiger partial charge >= 0.3 is 0 Å². The van der Waals surface area contributed by atoms with Crippen LogP contribution in [-0.2, 0) is 10.8 Å². The second-order valence-electron chi connectivity index (χ2n) is 21.2. The Kier molecular flexibility index (Phi) is 7.48. The van der Waals surface area contributed by atoms with Gasteiger partial charge in [-0.15, -0.1) is 0 Å². The first-order valence-corrected chi connectivity index (χ1v) is 23.7. The molecule has 12 aromatic rings. The fraction of sp³-hybridized carbons (Fsp3) is 0.121. The van der Waals surface area contributed by atoms with Crippen molar-refractivity contribution >= 4 is 75.4 Å². The van der Waals surface area contributed by atoms with Crippen LogP contribution in [0.2, 0.25) is 0 Å². The van der Waals surface area contributed by atoms with Crippen molar-refractivity contribution in [3.8, 4) is 66.8 Å². The van der Waals surface area contributed by atoms with Gasteiger partial charge in [0.15, 0.2) is 0 Å². The Bertz CT molecular complexity index is 4130. The van der Waals surface area contributed by atoms with Crippen LogP contribution in [0.25, 0.3) is 142 Å². The number of fused-ring (bicyclic) bond motifs is 15. The minimum Gasteiger partial charge on any atom is -0.0622 e. The smallest absolute Gasteiger partial charge is 0.000719 e. The normalized spacial score (nSPS) is 13.0. The van der Waals surface area contributed by atoms with Gasteiger partial charge in [-0.25, -0.2) is 0 Å². The molecule has 0 heterocycles. The fourth-order valence-electron chi connectivity index (χ4n) is 12.2. The van der Waals surface area contributed by atoms with E-state index in [0.717, 1.165) is 0 Å². The second-order valence-corrected chi connectivity index (χ2v) is 21.2. The lowest BCUT2D eigenvalue weighted by Crippen LogP contribution is -2.11. The number of hydrogen-bond acceptors (Lipinski definition) is 0. The number of benzene rings is 12. The van der Waals surface area contributed by atoms with Crippen molar-refractivity contribution in [3.63, 3.8) is 0 Å². The Morgan fingerprint density at radius 3 is 1.56 bits per heavy atom. The highest BCUT2D eigenvalue weighted by molar-refractivity contribution is 6.35. The zero-order valence-electron chi connectivity index (χ0n) is 38.3. The average Bonchev–Trinajstić information content (AvgIpc) is 3.82. The molecule has 0 spiro atoms. The van der Waals surface area contributed by atoms with Crippen molar-refractivity contribution in [2.75, 3.05) is 0 Å². The van der Waals surface area contributed by atoms with Crippen LogP contribution in [0.5, 0.6) is 0 Å². The Morgan fingerprint density at radius 2 is 0.788 bits per heavy atom. The minimum atomic E-state index is 0.00362. The number of rotatable bonds is 2. The van der Waals surface area contributed by atoms with E-state index in [1.165, 1.54) is 153 Å². The maximum Gasteiger partial charge on any atom is -0.000719 e. The van der Waals surface area contributed by atoms with Gasteiger partial charge < -0.3 is 0 Å². The molecular formula is C66H48. The zero-order chi connectivity index (χ0) is 44.4. The van der Waals surface area contributed by atoms with Crippen molar-refractivity contribution < 1.29 is 0 Å². The predicted octanol–water partition coefficient (Wildman–Crippen LogP) is 19.0. The van der Waals surface area contributed by atoms with Crippen LogP contribution >= 0.6 is 0 Å². The van der Waals surface area contributed by atoms with Gasteiger partial charge in [0.2, 0.25) is 0 Å². The first-order valence-electron chi connectivity index (χ1n) is 23.7. The largest absolute Gasteiger partial charge is 0.0622 e. The molecule has 0 nitrogen and oxygen atoms in total. The lowest BCUT2D eigenvalue weighted by molar-refractivity contribution is 0.591. The Hall–Kier alpha value is -7.54. The molecule has 0 aromatic heterocycles. The maximum atomic E-state index is 2.53. The predicted molar refractivity (Wildman–Crippen MR) is 286 cm³/mol. The first kappa shape index (κ1) is 37.8. The molecular weight excluding hydrogens is 793 g/mol. The SMILES string of the molecule is CC(C)(C)c1ccc2c(c1)cc1c3c(cccc32)-c2c-1c(-c1ccccc1)c1ccc3c4cc5c(cc4ccc3c1c2-c1ccccc1)-c1cc2ccccc2c2cc(C(C)(C)C)cc-5c12. The van der Waals surface area contributed by atoms with E-state index >= 15 is 0 Å². The topological polar surface area (TPSA) is 0 Å². The molecule has 0 unspecified atom stereocenters. The molecule has 66 heavy (non-hydrogen) atoms. The molecule has 0 N–H and O–H groups in total. The van der Waals surface area contributed by atoms with E-state index in [2.05, 4.69) is 224 Å². The van der Waals surface area contributed by atoms with Gasteiger partial charge in [-0.2, -0.15) is 0 Å². The quantitative estimate of drug-likeness (QED) is 0.152. The van der Waals surface area contributed by atoms with Gasteiger partial charge in [0, 0.05) is 0 Å². The summed E-state index contributed by atoms with van der Waals surface area (Å²) < 4.78 is 0. The van der Waals surface area contributed by atoms with Gasteiger partial charge in [0.25, 0.3) is 0 Å². The summed E-state index contributed by atoms with van der Waals surface area (Å²) in [6.45, 7) is 14.0. The van der Waals surface area contributed by atoms with E-state index in [0.29, 0.717) is 0 Å². The summed E-state index contributed by atoms with van der Waals surface area (Å²) in [5, 5.41) is 18.4. The number of hydrogen-bond donors (Lipinski definition) is 0. The standard InChI is InChI=1S/C66H48/c1-65(2,3)42-25-27-45-41(30-42)33-57-60-47(45)22-15-23-49(60)63-59(38-18-11-8-12-19-38)62-48-26-24-40-31-52-53(36-51(40)46(48)28-29-50(62)58(64(57)63)37-16-9-7-10-17-37)56-35-43(66(4,5)6)34-55-44-21-14-13-20-39(44)32-54(52)61(55)56/h7-36H,1-6H3. The second kappa shape index (κ2) is 13.1. The summed E-state index contributed by atoms with van der Waals surface area (Å²) in [7, 11) is 0. The lowest BCUT2D eigenvalue weighted by Gasteiger charge is -2.22. The molecule has 312 valence electrons. The zero-order valence-corrected chi connectivity index (χ0v) is 38.3. The van der Waals surface area contributed by atoms with Crippen LogP contribution in [0.3, 0.4) is 0 Å². The summed E-state index contributed by atoms with van der Waals surface area (Å²) in [6, 6.07) is 70.2. The van der Waals surface area contributed by atoms with Crippen LogP contribution in [0.15, 0.2) is 182 Å². The molecule has 0 fully saturated rings. The van der Waals surface area contributed by atoms with Gasteiger partial charge in [0.1, 0.15) is 0 Å². The first-order chi connectivity index (χ1) is 32.0. The summed E-state index contributed by atoms with van der Waals surface area (Å²) in [5.74, 6) is 0. The Labute approximate surface area is 385 Å². The summed E-state index contributed by atoms with van der Waals surface area (Å²) in [4.78, 5) is 0. The van der Waals surface area contributed by atoms with E-state index in [9.17, 15) is 0 Å². The van der Waals surface area contributed by atoms with Crippen molar-refractivity contribution in [2.24, 2.45) is 0 Å². The highest BCUT2D eigenvalue weighted by Crippen LogP contribution is 2.60. The van der Waals surface area contributed by atoms with Crippen molar-refractivity contribution in [2.45, 2.75) is 52.4 Å². The molecule has 0 bridgehead atoms. The molecule has 0 amide bonds. The third-order valence-electron chi connectivity index (χ3n) is 15.3. The van der Waals surface area contributed by atoms with Crippen molar-refractivity contribution in [1.82, 2.24) is 0 Å². The summed E-state index contributed by atoms with van der Waals surface area (Å²) in [6.07, 6.45) is 0. The van der Waals surface area contributed by atoms with Crippen LogP contribution in [0.4, 0.5) is 0 Å². The van der Waals surface area contributed by atoms with E-state index in [1.807, 2.05) is 0 Å². The Balaban J connectivity index is 1.13. The monoisotopic (exact) mass is 840 g/mol. The van der Waals surface area contributed by atoms with Crippen LogP contribution in [-0.4, -0.2) is 0 Å². The molecule has 0 heteroatoms. The summed E-state index contributed by atoms with van der Waals surface area (Å²) >= 11 is 0. The lowest BCUT2D eigenvalue weighted by atomic mass is 9.80. The van der Waals surface area contributed by atoms with Crippen LogP contribution in [0, 0.1) is 0 Å². The van der Waals surface area contributed by atoms with Crippen LogP contribution in [0.1, 0.15) is 52.7 Å². The highest BCUT2D eigenvalue weighted by Gasteiger charge is 2.33. The molecule has 2 aliphatic carbocycles. The molecule has 0 aliphatic heterocycles. The van der Waals surface area contributed by atoms with Crippen molar-refractivity contribution in [3.05, 3.63) is 193 Å². The molecule has 14 rings (SSSR count). The van der Waals surface area contributed by atoms with Gasteiger partial charge in [0.05, 0.1) is 0 Å². The fourth-order valence-corrected chi connectivity index (χ4v) is 12.2. The Morgan fingerprint density at radius 1 is 0.242 bits per heavy atom. The van der Waals surface area contributed by atoms with E-state index in [-0.39, 0.29) is 10.8 Å². The van der Waals surface area contributed by atoms with Crippen molar-refractivity contribution in [1.29, 1.82) is 0 Å². The molecule has 0 saturated carbocycles. The van der Waals surface area contributed by atoms with Gasteiger partial charge in [-0.1, -0.05) is 187 Å². The molecule has 0 atom stereocenters. The third kappa shape index (κ3) is 5.10. The molecule has 0 radical (unpaired) electrons. The molecule has 2 aliphatic rings. The minimum absolute atomic E-state index is 0.00362. The van der Waals surface area contributed by atoms with Gasteiger partial charge in [-0.3, -0.25) is 0 Å². The summed E-state index contributed by atoms with van der Waals surface area (Å²) in [5.41, 5.74) is 18.6. The van der Waals surface area contributed by atoms with E-state index in [4.69, 9.17) is 0 Å². The van der Waals surface area contributed by atoms with Gasteiger partial charge in [-0.05, 0) is 201 Å². The maximum absolute atomic E-state index is 2.53. The van der Waals surface area contributed by atoms with Crippen LogP contribution < -0.4 is 0 Å². The molecule has 12 aromatic carbocycles. The van der Waals surface area contributed by atoms with E-state index < -0.39 is 0 Å². The molecule has 0 saturated heterocycles. The van der Waals surface area contributed by atoms with E-state index in [1.54, 1.807) is 0 Å². The highest BCUT2D eigenvalue weighted by atomic mass is 14.4.